The van der Waals surface area contributed by atoms with Crippen LogP contribution in [0.3, 0.4) is 0 Å². The van der Waals surface area contributed by atoms with Crippen molar-refractivity contribution < 1.29 is 0 Å². The van der Waals surface area contributed by atoms with Crippen LogP contribution in [0, 0.1) is 3.57 Å². The van der Waals surface area contributed by atoms with E-state index in [4.69, 9.17) is 11.6 Å². The molecular formula is C7H4ClIN4. The predicted molar refractivity (Wildman–Crippen MR) is 56.9 cm³/mol. The van der Waals surface area contributed by atoms with Gasteiger partial charge in [0.15, 0.2) is 0 Å². The van der Waals surface area contributed by atoms with Gasteiger partial charge in [-0.05, 0) is 22.6 Å². The highest BCUT2D eigenvalue weighted by Crippen LogP contribution is 2.07. The molecule has 4 nitrogen and oxygen atoms in total. The van der Waals surface area contributed by atoms with Crippen LogP contribution in [0.1, 0.15) is 0 Å². The summed E-state index contributed by atoms with van der Waals surface area (Å²) in [6.07, 6.45) is 6.65. The Balaban J connectivity index is 2.41. The SMILES string of the molecule is Clc1cnc(-n2cc(I)cn2)nc1. The van der Waals surface area contributed by atoms with Gasteiger partial charge in [0.2, 0.25) is 0 Å². The number of halogens is 2. The monoisotopic (exact) mass is 306 g/mol. The van der Waals surface area contributed by atoms with Crippen LogP contribution in [0.2, 0.25) is 5.02 Å². The van der Waals surface area contributed by atoms with Crippen LogP contribution in [0.15, 0.2) is 24.8 Å². The van der Waals surface area contributed by atoms with Crippen molar-refractivity contribution in [1.82, 2.24) is 19.7 Å². The van der Waals surface area contributed by atoms with Crippen molar-refractivity contribution in [3.8, 4) is 5.95 Å². The Kier molecular flexibility index (Phi) is 2.45. The van der Waals surface area contributed by atoms with Gasteiger partial charge in [-0.25, -0.2) is 14.6 Å². The van der Waals surface area contributed by atoms with Gasteiger partial charge in [-0.3, -0.25) is 0 Å². The Morgan fingerprint density at radius 1 is 1.23 bits per heavy atom. The topological polar surface area (TPSA) is 43.6 Å². The molecule has 0 saturated heterocycles. The van der Waals surface area contributed by atoms with Crippen LogP contribution >= 0.6 is 34.2 Å². The molecule has 66 valence electrons. The van der Waals surface area contributed by atoms with Crippen LogP contribution in [0.25, 0.3) is 5.95 Å². The third-order valence-electron chi connectivity index (χ3n) is 1.36. The second kappa shape index (κ2) is 3.59. The standard InChI is InChI=1S/C7H4ClIN4/c8-5-1-10-7(11-2-5)13-4-6(9)3-12-13/h1-4H. The Morgan fingerprint density at radius 2 is 1.92 bits per heavy atom. The first-order valence-electron chi connectivity index (χ1n) is 3.44. The van der Waals surface area contributed by atoms with E-state index >= 15 is 0 Å². The summed E-state index contributed by atoms with van der Waals surface area (Å²) in [7, 11) is 0. The Labute approximate surface area is 93.1 Å². The summed E-state index contributed by atoms with van der Waals surface area (Å²) in [5.74, 6) is 0.521. The second-order valence-electron chi connectivity index (χ2n) is 2.30. The first-order chi connectivity index (χ1) is 6.25. The predicted octanol–water partition coefficient (Wildman–Crippen LogP) is 1.92. The van der Waals surface area contributed by atoms with Crippen LogP contribution in [0.4, 0.5) is 0 Å². The highest BCUT2D eigenvalue weighted by molar-refractivity contribution is 14.1. The summed E-state index contributed by atoms with van der Waals surface area (Å²) < 4.78 is 2.63. The number of aromatic nitrogens is 4. The molecule has 2 aromatic heterocycles. The molecule has 0 aliphatic heterocycles. The van der Waals surface area contributed by atoms with Gasteiger partial charge in [-0.15, -0.1) is 0 Å². The summed E-state index contributed by atoms with van der Waals surface area (Å²) in [6.45, 7) is 0. The lowest BCUT2D eigenvalue weighted by Crippen LogP contribution is -2.00. The summed E-state index contributed by atoms with van der Waals surface area (Å²) >= 11 is 7.82. The normalized spacial score (nSPS) is 10.3. The first-order valence-corrected chi connectivity index (χ1v) is 4.89. The van der Waals surface area contributed by atoms with Gasteiger partial charge < -0.3 is 0 Å². The first kappa shape index (κ1) is 8.89. The van der Waals surface area contributed by atoms with E-state index in [0.717, 1.165) is 3.57 Å². The van der Waals surface area contributed by atoms with Gasteiger partial charge in [0.1, 0.15) is 0 Å². The maximum absolute atomic E-state index is 5.65. The number of rotatable bonds is 1. The molecule has 0 aliphatic rings. The van der Waals surface area contributed by atoms with E-state index in [9.17, 15) is 0 Å². The van der Waals surface area contributed by atoms with E-state index in [1.165, 1.54) is 0 Å². The highest BCUT2D eigenvalue weighted by Gasteiger charge is 2.00. The average molecular weight is 306 g/mol. The highest BCUT2D eigenvalue weighted by atomic mass is 127. The molecule has 2 aromatic rings. The van der Waals surface area contributed by atoms with E-state index in [-0.39, 0.29) is 0 Å². The molecule has 0 amide bonds. The third-order valence-corrected chi connectivity index (χ3v) is 2.11. The zero-order chi connectivity index (χ0) is 9.26. The number of nitrogens with zero attached hydrogens (tertiary/aromatic N) is 4. The van der Waals surface area contributed by atoms with Gasteiger partial charge in [-0.1, -0.05) is 11.6 Å². The molecular weight excluding hydrogens is 302 g/mol. The lowest BCUT2D eigenvalue weighted by Gasteiger charge is -1.96. The van der Waals surface area contributed by atoms with Crippen molar-refractivity contribution in [2.45, 2.75) is 0 Å². The molecule has 0 N–H and O–H groups in total. The van der Waals surface area contributed by atoms with Gasteiger partial charge in [0.25, 0.3) is 5.95 Å². The fourth-order valence-electron chi connectivity index (χ4n) is 0.834. The van der Waals surface area contributed by atoms with Gasteiger partial charge in [-0.2, -0.15) is 5.10 Å². The number of hydrogen-bond donors (Lipinski definition) is 0. The molecule has 0 aromatic carbocycles. The zero-order valence-electron chi connectivity index (χ0n) is 6.35. The minimum absolute atomic E-state index is 0.519. The molecule has 0 atom stereocenters. The Bertz CT molecular complexity index is 411. The third kappa shape index (κ3) is 1.97. The van der Waals surface area contributed by atoms with E-state index < -0.39 is 0 Å². The van der Waals surface area contributed by atoms with Crippen molar-refractivity contribution in [2.75, 3.05) is 0 Å². The van der Waals surface area contributed by atoms with Crippen molar-refractivity contribution in [1.29, 1.82) is 0 Å². The molecule has 0 aliphatic carbocycles. The van der Waals surface area contributed by atoms with E-state index in [0.29, 0.717) is 11.0 Å². The smallest absolute Gasteiger partial charge is 0.218 e. The van der Waals surface area contributed by atoms with Crippen LogP contribution in [-0.2, 0) is 0 Å². The summed E-state index contributed by atoms with van der Waals surface area (Å²) in [5.41, 5.74) is 0. The fraction of sp³-hybridized carbons (Fsp3) is 0. The molecule has 0 bridgehead atoms. The van der Waals surface area contributed by atoms with Crippen molar-refractivity contribution in [3.63, 3.8) is 0 Å². The molecule has 13 heavy (non-hydrogen) atoms. The van der Waals surface area contributed by atoms with Gasteiger partial charge in [0.05, 0.1) is 27.2 Å². The summed E-state index contributed by atoms with van der Waals surface area (Å²) in [5, 5.41) is 4.58. The number of hydrogen-bond acceptors (Lipinski definition) is 3. The fourth-order valence-corrected chi connectivity index (χ4v) is 1.32. The molecule has 2 rings (SSSR count). The molecule has 0 saturated carbocycles. The van der Waals surface area contributed by atoms with Crippen molar-refractivity contribution in [3.05, 3.63) is 33.4 Å². The van der Waals surface area contributed by atoms with E-state index in [2.05, 4.69) is 37.7 Å². The summed E-state index contributed by atoms with van der Waals surface area (Å²) in [6, 6.07) is 0. The molecule has 6 heteroatoms. The molecule has 2 heterocycles. The largest absolute Gasteiger partial charge is 0.250 e. The average Bonchev–Trinajstić information content (AvgIpc) is 2.53. The lowest BCUT2D eigenvalue weighted by atomic mass is 10.7. The minimum atomic E-state index is 0.519. The Hall–Kier alpha value is -0.690. The van der Waals surface area contributed by atoms with Crippen LogP contribution in [-0.4, -0.2) is 19.7 Å². The van der Waals surface area contributed by atoms with E-state index in [1.54, 1.807) is 23.3 Å². The molecule has 0 radical (unpaired) electrons. The molecule has 0 fully saturated rings. The summed E-state index contributed by atoms with van der Waals surface area (Å²) in [4.78, 5) is 8.03. The van der Waals surface area contributed by atoms with Gasteiger partial charge >= 0.3 is 0 Å². The van der Waals surface area contributed by atoms with E-state index in [1.807, 2.05) is 6.20 Å². The molecule has 0 unspecified atom stereocenters. The van der Waals surface area contributed by atoms with Crippen molar-refractivity contribution in [2.24, 2.45) is 0 Å². The molecule has 0 spiro atoms. The van der Waals surface area contributed by atoms with Gasteiger partial charge in [0, 0.05) is 6.20 Å². The zero-order valence-corrected chi connectivity index (χ0v) is 9.27. The van der Waals surface area contributed by atoms with Crippen LogP contribution < -0.4 is 0 Å². The second-order valence-corrected chi connectivity index (χ2v) is 3.99. The lowest BCUT2D eigenvalue weighted by molar-refractivity contribution is 0.808. The quantitative estimate of drug-likeness (QED) is 0.756. The minimum Gasteiger partial charge on any atom is -0.218 e. The Morgan fingerprint density at radius 3 is 2.46 bits per heavy atom. The van der Waals surface area contributed by atoms with Crippen LogP contribution in [0.5, 0.6) is 0 Å². The maximum Gasteiger partial charge on any atom is 0.250 e. The van der Waals surface area contributed by atoms with Crippen molar-refractivity contribution >= 4 is 34.2 Å². The maximum atomic E-state index is 5.65.